The number of aromatic nitrogens is 7. The summed E-state index contributed by atoms with van der Waals surface area (Å²) in [4.78, 5) is 14.9. The molecule has 1 aliphatic rings. The van der Waals surface area contributed by atoms with E-state index in [4.69, 9.17) is 0 Å². The summed E-state index contributed by atoms with van der Waals surface area (Å²) in [7, 11) is 0. The standard InChI is InChI=1S/C17H20N8O2/c26-16(23-8-6-17(27,11-23)12-24-9-7-18-21-24)15(25-13-19-20-22-25)10-14-4-2-1-3-5-14/h1-5,7,9,13,15,27H,6,8,10-12H2. The number of amides is 1. The van der Waals surface area contributed by atoms with Crippen LogP contribution in [0.3, 0.4) is 0 Å². The normalized spacial score (nSPS) is 20.7. The lowest BCUT2D eigenvalue weighted by atomic mass is 10.0. The van der Waals surface area contributed by atoms with Gasteiger partial charge in [-0.3, -0.25) is 4.79 Å². The molecule has 2 unspecified atom stereocenters. The summed E-state index contributed by atoms with van der Waals surface area (Å²) in [6, 6.07) is 9.18. The van der Waals surface area contributed by atoms with E-state index >= 15 is 0 Å². The highest BCUT2D eigenvalue weighted by atomic mass is 16.3. The molecule has 1 fully saturated rings. The Morgan fingerprint density at radius 1 is 1.22 bits per heavy atom. The molecule has 1 aliphatic heterocycles. The van der Waals surface area contributed by atoms with E-state index in [0.717, 1.165) is 5.56 Å². The number of aliphatic hydroxyl groups is 1. The van der Waals surface area contributed by atoms with Gasteiger partial charge in [0.05, 0.1) is 19.3 Å². The van der Waals surface area contributed by atoms with Crippen molar-refractivity contribution >= 4 is 5.91 Å². The summed E-state index contributed by atoms with van der Waals surface area (Å²) in [5, 5.41) is 29.8. The zero-order valence-electron chi connectivity index (χ0n) is 14.7. The summed E-state index contributed by atoms with van der Waals surface area (Å²) in [5.41, 5.74) is -0.00946. The first-order chi connectivity index (χ1) is 13.1. The molecule has 0 spiro atoms. The lowest BCUT2D eigenvalue weighted by Gasteiger charge is -2.26. The highest BCUT2D eigenvalue weighted by Crippen LogP contribution is 2.26. The van der Waals surface area contributed by atoms with Gasteiger partial charge in [0.25, 0.3) is 0 Å². The molecule has 3 aromatic rings. The van der Waals surface area contributed by atoms with Crippen molar-refractivity contribution in [3.8, 4) is 0 Å². The van der Waals surface area contributed by atoms with Gasteiger partial charge < -0.3 is 10.0 Å². The van der Waals surface area contributed by atoms with Gasteiger partial charge >= 0.3 is 0 Å². The maximum absolute atomic E-state index is 13.2. The number of hydrogen-bond acceptors (Lipinski definition) is 7. The second-order valence-electron chi connectivity index (χ2n) is 6.83. The Balaban J connectivity index is 1.50. The molecule has 0 radical (unpaired) electrons. The number of benzene rings is 1. The van der Waals surface area contributed by atoms with Crippen LogP contribution in [0, 0.1) is 0 Å². The first-order valence-electron chi connectivity index (χ1n) is 8.75. The van der Waals surface area contributed by atoms with E-state index in [-0.39, 0.29) is 12.5 Å². The molecule has 0 saturated carbocycles. The topological polar surface area (TPSA) is 115 Å². The highest BCUT2D eigenvalue weighted by Gasteiger charge is 2.41. The predicted octanol–water partition coefficient (Wildman–Crippen LogP) is -0.288. The first kappa shape index (κ1) is 17.3. The average molecular weight is 368 g/mol. The van der Waals surface area contributed by atoms with Gasteiger partial charge in [-0.05, 0) is 22.4 Å². The van der Waals surface area contributed by atoms with E-state index in [2.05, 4.69) is 25.8 Å². The molecule has 140 valence electrons. The third-order valence-electron chi connectivity index (χ3n) is 4.81. The minimum atomic E-state index is -1.03. The lowest BCUT2D eigenvalue weighted by Crippen LogP contribution is -2.42. The molecule has 0 bridgehead atoms. The van der Waals surface area contributed by atoms with E-state index in [1.54, 1.807) is 22.0 Å². The smallest absolute Gasteiger partial charge is 0.248 e. The zero-order valence-corrected chi connectivity index (χ0v) is 14.7. The van der Waals surface area contributed by atoms with Crippen LogP contribution in [-0.2, 0) is 17.8 Å². The molecule has 1 aromatic carbocycles. The Bertz CT molecular complexity index is 868. The van der Waals surface area contributed by atoms with Gasteiger partial charge in [0.15, 0.2) is 0 Å². The van der Waals surface area contributed by atoms with E-state index < -0.39 is 11.6 Å². The molecule has 1 amide bonds. The minimum absolute atomic E-state index is 0.110. The van der Waals surface area contributed by atoms with Gasteiger partial charge in [-0.25, -0.2) is 9.36 Å². The van der Waals surface area contributed by atoms with E-state index in [1.807, 2.05) is 30.3 Å². The van der Waals surface area contributed by atoms with E-state index in [0.29, 0.717) is 25.9 Å². The molecule has 10 nitrogen and oxygen atoms in total. The molecule has 2 aromatic heterocycles. The number of β-amino-alcohol motifs (C(OH)–C–C–N with tert-alkyl or cyclic N) is 1. The van der Waals surface area contributed by atoms with Crippen molar-refractivity contribution in [1.82, 2.24) is 40.1 Å². The molecule has 0 aliphatic carbocycles. The molecule has 27 heavy (non-hydrogen) atoms. The third kappa shape index (κ3) is 3.85. The zero-order chi connectivity index (χ0) is 18.7. The molecular weight excluding hydrogens is 348 g/mol. The van der Waals surface area contributed by atoms with Crippen molar-refractivity contribution in [3.05, 3.63) is 54.6 Å². The number of tetrazole rings is 1. The first-order valence-corrected chi connectivity index (χ1v) is 8.75. The summed E-state index contributed by atoms with van der Waals surface area (Å²) < 4.78 is 3.06. The van der Waals surface area contributed by atoms with Crippen molar-refractivity contribution in [2.24, 2.45) is 0 Å². The average Bonchev–Trinajstić information content (AvgIpc) is 3.43. The SMILES string of the molecule is O=C(C(Cc1ccccc1)n1cnnn1)N1CCC(O)(Cn2ccnn2)C1. The molecule has 1 N–H and O–H groups in total. The predicted molar refractivity (Wildman–Crippen MR) is 93.2 cm³/mol. The summed E-state index contributed by atoms with van der Waals surface area (Å²) >= 11 is 0. The number of nitrogens with zero attached hydrogens (tertiary/aromatic N) is 8. The van der Waals surface area contributed by atoms with Crippen molar-refractivity contribution in [2.75, 3.05) is 13.1 Å². The van der Waals surface area contributed by atoms with Crippen LogP contribution < -0.4 is 0 Å². The maximum atomic E-state index is 13.2. The van der Waals surface area contributed by atoms with Gasteiger partial charge in [0, 0.05) is 19.2 Å². The summed E-state index contributed by atoms with van der Waals surface area (Å²) in [6.07, 6.45) is 5.66. The number of carbonyl (C=O) groups is 1. The Morgan fingerprint density at radius 3 is 2.78 bits per heavy atom. The van der Waals surface area contributed by atoms with Gasteiger partial charge in [-0.2, -0.15) is 0 Å². The largest absolute Gasteiger partial charge is 0.386 e. The fourth-order valence-corrected chi connectivity index (χ4v) is 3.45. The van der Waals surface area contributed by atoms with Gasteiger partial charge in [-0.1, -0.05) is 35.5 Å². The van der Waals surface area contributed by atoms with Crippen LogP contribution in [0.4, 0.5) is 0 Å². The molecule has 4 rings (SSSR count). The molecular formula is C17H20N8O2. The van der Waals surface area contributed by atoms with Crippen LogP contribution in [0.5, 0.6) is 0 Å². The molecule has 1 saturated heterocycles. The Kier molecular flexibility index (Phi) is 4.63. The second kappa shape index (κ2) is 7.23. The number of rotatable bonds is 6. The van der Waals surface area contributed by atoms with E-state index in [9.17, 15) is 9.90 Å². The molecule has 3 heterocycles. The van der Waals surface area contributed by atoms with Crippen LogP contribution in [0.1, 0.15) is 18.0 Å². The summed E-state index contributed by atoms with van der Waals surface area (Å²) in [5.74, 6) is -0.110. The minimum Gasteiger partial charge on any atom is -0.386 e. The number of likely N-dealkylation sites (tertiary alicyclic amines) is 1. The highest BCUT2D eigenvalue weighted by molar-refractivity contribution is 5.81. The van der Waals surface area contributed by atoms with Crippen molar-refractivity contribution in [1.29, 1.82) is 0 Å². The maximum Gasteiger partial charge on any atom is 0.248 e. The number of carbonyl (C=O) groups excluding carboxylic acids is 1. The van der Waals surface area contributed by atoms with E-state index in [1.165, 1.54) is 11.0 Å². The summed E-state index contributed by atoms with van der Waals surface area (Å²) in [6.45, 7) is 1.00. The van der Waals surface area contributed by atoms with Crippen LogP contribution in [-0.4, -0.2) is 69.8 Å². The van der Waals surface area contributed by atoms with Crippen LogP contribution >= 0.6 is 0 Å². The quantitative estimate of drug-likeness (QED) is 0.636. The van der Waals surface area contributed by atoms with Crippen LogP contribution in [0.15, 0.2) is 49.1 Å². The fraction of sp³-hybridized carbons (Fsp3) is 0.412. The van der Waals surface area contributed by atoms with Gasteiger partial charge in [0.2, 0.25) is 5.91 Å². The Morgan fingerprint density at radius 2 is 2.07 bits per heavy atom. The Labute approximate surface area is 155 Å². The van der Waals surface area contributed by atoms with Crippen molar-refractivity contribution in [2.45, 2.75) is 31.0 Å². The van der Waals surface area contributed by atoms with Crippen LogP contribution in [0.2, 0.25) is 0 Å². The number of hydrogen-bond donors (Lipinski definition) is 1. The lowest BCUT2D eigenvalue weighted by molar-refractivity contribution is -0.135. The van der Waals surface area contributed by atoms with Crippen molar-refractivity contribution < 1.29 is 9.90 Å². The van der Waals surface area contributed by atoms with Gasteiger partial charge in [0.1, 0.15) is 18.0 Å². The van der Waals surface area contributed by atoms with Crippen molar-refractivity contribution in [3.63, 3.8) is 0 Å². The second-order valence-corrected chi connectivity index (χ2v) is 6.83. The monoisotopic (exact) mass is 368 g/mol. The Hall–Kier alpha value is -3.14. The van der Waals surface area contributed by atoms with Gasteiger partial charge in [-0.15, -0.1) is 10.2 Å². The molecule has 10 heteroatoms. The van der Waals surface area contributed by atoms with Crippen LogP contribution in [0.25, 0.3) is 0 Å². The third-order valence-corrected chi connectivity index (χ3v) is 4.81. The molecule has 2 atom stereocenters. The fourth-order valence-electron chi connectivity index (χ4n) is 3.45.